The van der Waals surface area contributed by atoms with Crippen molar-refractivity contribution in [1.82, 2.24) is 25.1 Å². The number of benzene rings is 3. The molecular formula is C46H57ClN9O5P. The highest BCUT2D eigenvalue weighted by atomic mass is 35.5. The second kappa shape index (κ2) is 19.1. The van der Waals surface area contributed by atoms with Gasteiger partial charge in [-0.05, 0) is 93.3 Å². The molecule has 5 heterocycles. The highest BCUT2D eigenvalue weighted by Gasteiger charge is 2.32. The highest BCUT2D eigenvalue weighted by Crippen LogP contribution is 2.39. The second-order valence-electron chi connectivity index (χ2n) is 17.3. The molecule has 4 fully saturated rings. The molecule has 3 amide bonds. The lowest BCUT2D eigenvalue weighted by Crippen LogP contribution is -2.54. The summed E-state index contributed by atoms with van der Waals surface area (Å²) in [6, 6.07) is 22.3. The van der Waals surface area contributed by atoms with Crippen molar-refractivity contribution in [3.05, 3.63) is 83.5 Å². The van der Waals surface area contributed by atoms with Crippen molar-refractivity contribution in [3.63, 3.8) is 0 Å². The maximum absolute atomic E-state index is 13.4. The predicted octanol–water partition coefficient (Wildman–Crippen LogP) is 6.81. The molecule has 4 aliphatic rings. The first-order valence-electron chi connectivity index (χ1n) is 21.8. The van der Waals surface area contributed by atoms with Crippen LogP contribution in [0, 0.1) is 5.92 Å². The number of methoxy groups -OCH3 is 1. The number of imide groups is 1. The van der Waals surface area contributed by atoms with Crippen molar-refractivity contribution in [3.8, 4) is 5.75 Å². The van der Waals surface area contributed by atoms with Crippen molar-refractivity contribution >= 4 is 76.3 Å². The fourth-order valence-corrected chi connectivity index (χ4v) is 10.6. The summed E-state index contributed by atoms with van der Waals surface area (Å²) >= 11 is 6.49. The molecule has 0 radical (unpaired) electrons. The van der Waals surface area contributed by atoms with Crippen molar-refractivity contribution in [2.24, 2.45) is 5.92 Å². The summed E-state index contributed by atoms with van der Waals surface area (Å²) in [4.78, 5) is 55.8. The molecule has 0 saturated carbocycles. The number of ether oxygens (including phenoxy) is 1. The molecule has 4 saturated heterocycles. The minimum Gasteiger partial charge on any atom is -0.494 e. The van der Waals surface area contributed by atoms with E-state index in [2.05, 4.69) is 63.7 Å². The third-order valence-electron chi connectivity index (χ3n) is 12.9. The number of para-hydroxylation sites is 1. The first-order valence-corrected chi connectivity index (χ1v) is 24.7. The zero-order chi connectivity index (χ0) is 43.4. The summed E-state index contributed by atoms with van der Waals surface area (Å²) in [5.74, 6) is 1.42. The van der Waals surface area contributed by atoms with E-state index in [0.717, 1.165) is 106 Å². The number of piperidine rings is 3. The Morgan fingerprint density at radius 2 is 1.52 bits per heavy atom. The number of amides is 3. The lowest BCUT2D eigenvalue weighted by Gasteiger charge is -2.43. The highest BCUT2D eigenvalue weighted by molar-refractivity contribution is 7.70. The summed E-state index contributed by atoms with van der Waals surface area (Å²) in [6.45, 7) is 10.5. The van der Waals surface area contributed by atoms with Crippen LogP contribution in [0.2, 0.25) is 5.02 Å². The number of anilines is 6. The molecule has 0 bridgehead atoms. The molecule has 0 spiro atoms. The summed E-state index contributed by atoms with van der Waals surface area (Å²) in [5.41, 5.74) is 4.59. The number of carbonyl (C=O) groups is 3. The number of halogens is 1. The van der Waals surface area contributed by atoms with E-state index in [1.165, 1.54) is 6.20 Å². The van der Waals surface area contributed by atoms with Crippen LogP contribution >= 0.6 is 18.7 Å². The van der Waals surface area contributed by atoms with Crippen LogP contribution < -0.4 is 35.8 Å². The van der Waals surface area contributed by atoms with E-state index in [4.69, 9.17) is 16.3 Å². The van der Waals surface area contributed by atoms with E-state index in [1.54, 1.807) is 20.4 Å². The van der Waals surface area contributed by atoms with E-state index in [0.29, 0.717) is 59.4 Å². The molecular weight excluding hydrogens is 825 g/mol. The van der Waals surface area contributed by atoms with Gasteiger partial charge in [0.05, 0.1) is 30.6 Å². The molecule has 4 aliphatic heterocycles. The predicted molar refractivity (Wildman–Crippen MR) is 247 cm³/mol. The molecule has 16 heteroatoms. The van der Waals surface area contributed by atoms with Crippen LogP contribution in [0.5, 0.6) is 5.75 Å². The number of piperazine rings is 1. The number of nitrogens with zero attached hydrogens (tertiary/aromatic N) is 6. The average Bonchev–Trinajstić information content (AvgIpc) is 3.28. The van der Waals surface area contributed by atoms with Gasteiger partial charge < -0.3 is 34.6 Å². The molecule has 14 nitrogen and oxygen atoms in total. The molecule has 1 unspecified atom stereocenters. The van der Waals surface area contributed by atoms with Crippen molar-refractivity contribution in [1.29, 1.82) is 0 Å². The van der Waals surface area contributed by atoms with Gasteiger partial charge in [0.2, 0.25) is 23.7 Å². The topological polar surface area (TPSA) is 152 Å². The Kier molecular flexibility index (Phi) is 13.4. The Balaban J connectivity index is 0.774. The fraction of sp³-hybridized carbons (Fsp3) is 0.457. The Bertz CT molecular complexity index is 2300. The van der Waals surface area contributed by atoms with Gasteiger partial charge in [-0.1, -0.05) is 35.9 Å². The standard InChI is InChI=1S/C46H57ClN9O5P/c1-61-40-29-35(12-14-38(40)50-46-48-30-37(47)44(52-46)49-39-6-4-5-7-41(39)62(2,3)60)54-22-18-34(19-23-54)55-24-26-56(27-25-55)43(58)28-31-16-20-53(21-17-31)33-10-8-32(9-11-33)36-13-15-42(57)51-45(36)59/h4-12,14,29-31,34,36H,13,15-28H2,1-3H3,(H,51,57,59)(H2,48,49,50,52). The number of rotatable bonds is 12. The molecule has 4 aromatic rings. The summed E-state index contributed by atoms with van der Waals surface area (Å²) in [5, 5.41) is 10.0. The third kappa shape index (κ3) is 10.2. The van der Waals surface area contributed by atoms with Gasteiger partial charge in [-0.15, -0.1) is 0 Å². The first kappa shape index (κ1) is 43.5. The lowest BCUT2D eigenvalue weighted by molar-refractivity contribution is -0.135. The molecule has 3 aromatic carbocycles. The molecule has 8 rings (SSSR count). The van der Waals surface area contributed by atoms with Crippen LogP contribution in [0.15, 0.2) is 72.9 Å². The zero-order valence-electron chi connectivity index (χ0n) is 35.8. The summed E-state index contributed by atoms with van der Waals surface area (Å²) < 4.78 is 18.7. The number of carbonyl (C=O) groups excluding carboxylic acids is 3. The van der Waals surface area contributed by atoms with Crippen LogP contribution in [0.3, 0.4) is 0 Å². The quantitative estimate of drug-likeness (QED) is 0.101. The molecule has 328 valence electrons. The molecule has 0 aliphatic carbocycles. The van der Waals surface area contributed by atoms with E-state index in [9.17, 15) is 18.9 Å². The van der Waals surface area contributed by atoms with Crippen LogP contribution in [-0.2, 0) is 18.9 Å². The van der Waals surface area contributed by atoms with Crippen molar-refractivity contribution in [2.45, 2.75) is 56.9 Å². The Labute approximate surface area is 369 Å². The van der Waals surface area contributed by atoms with Crippen LogP contribution in [0.25, 0.3) is 0 Å². The van der Waals surface area contributed by atoms with E-state index in [-0.39, 0.29) is 23.6 Å². The molecule has 3 N–H and O–H groups in total. The van der Waals surface area contributed by atoms with Crippen molar-refractivity contribution in [2.75, 3.05) is 93.2 Å². The average molecular weight is 882 g/mol. The minimum atomic E-state index is -2.55. The lowest BCUT2D eigenvalue weighted by atomic mass is 9.90. The molecule has 62 heavy (non-hydrogen) atoms. The smallest absolute Gasteiger partial charge is 0.234 e. The Morgan fingerprint density at radius 3 is 2.21 bits per heavy atom. The number of aromatic nitrogens is 2. The van der Waals surface area contributed by atoms with E-state index >= 15 is 0 Å². The Hall–Kier alpha value is -5.17. The van der Waals surface area contributed by atoms with E-state index < -0.39 is 7.14 Å². The monoisotopic (exact) mass is 881 g/mol. The molecule has 1 atom stereocenters. The van der Waals surface area contributed by atoms with Crippen molar-refractivity contribution < 1.29 is 23.7 Å². The summed E-state index contributed by atoms with van der Waals surface area (Å²) in [6.07, 6.45) is 7.16. The maximum atomic E-state index is 13.4. The third-order valence-corrected chi connectivity index (χ3v) is 14.7. The van der Waals surface area contributed by atoms with Crippen LogP contribution in [-0.4, -0.2) is 116 Å². The van der Waals surface area contributed by atoms with Gasteiger partial charge in [0, 0.05) is 94.0 Å². The van der Waals surface area contributed by atoms with Gasteiger partial charge >= 0.3 is 0 Å². The van der Waals surface area contributed by atoms with Crippen LogP contribution in [0.1, 0.15) is 56.4 Å². The largest absolute Gasteiger partial charge is 0.494 e. The van der Waals surface area contributed by atoms with Crippen LogP contribution in [0.4, 0.5) is 34.5 Å². The molecule has 1 aromatic heterocycles. The second-order valence-corrected chi connectivity index (χ2v) is 20.8. The van der Waals surface area contributed by atoms with Gasteiger partial charge in [0.15, 0.2) is 5.82 Å². The SMILES string of the molecule is COc1cc(N2CCC(N3CCN(C(=O)CC4CCN(c5ccc(C6CCC(=O)NC6=O)cc5)CC4)CC3)CC2)ccc1Nc1ncc(Cl)c(Nc2ccccc2P(C)(C)=O)n1. The minimum absolute atomic E-state index is 0.194. The zero-order valence-corrected chi connectivity index (χ0v) is 37.5. The van der Waals surface area contributed by atoms with E-state index in [1.807, 2.05) is 48.5 Å². The van der Waals surface area contributed by atoms with Gasteiger partial charge in [-0.2, -0.15) is 4.98 Å². The fourth-order valence-electron chi connectivity index (χ4n) is 9.32. The summed E-state index contributed by atoms with van der Waals surface area (Å²) in [7, 11) is -0.896. The Morgan fingerprint density at radius 1 is 0.839 bits per heavy atom. The van der Waals surface area contributed by atoms with Gasteiger partial charge in [-0.25, -0.2) is 4.98 Å². The van der Waals surface area contributed by atoms with Gasteiger partial charge in [0.25, 0.3) is 0 Å². The number of nitrogens with one attached hydrogen (secondary N) is 3. The van der Waals surface area contributed by atoms with Gasteiger partial charge in [0.1, 0.15) is 17.9 Å². The number of hydrogen-bond acceptors (Lipinski definition) is 12. The first-order chi connectivity index (χ1) is 29.9. The van der Waals surface area contributed by atoms with Gasteiger partial charge in [-0.3, -0.25) is 24.6 Å². The normalized spacial score (nSPS) is 19.6. The number of hydrogen-bond donors (Lipinski definition) is 3. The maximum Gasteiger partial charge on any atom is 0.234 e.